The Bertz CT molecular complexity index is 733. The van der Waals surface area contributed by atoms with Gasteiger partial charge in [-0.15, -0.1) is 10.2 Å². The van der Waals surface area contributed by atoms with Gasteiger partial charge in [-0.05, 0) is 60.5 Å². The number of rotatable bonds is 4. The summed E-state index contributed by atoms with van der Waals surface area (Å²) in [6.07, 6.45) is 5.63. The first-order valence-electron chi connectivity index (χ1n) is 7.86. The van der Waals surface area contributed by atoms with E-state index in [1.165, 1.54) is 5.56 Å². The van der Waals surface area contributed by atoms with Crippen LogP contribution >= 0.6 is 11.3 Å². The average Bonchev–Trinajstić information content (AvgIpc) is 3.28. The summed E-state index contributed by atoms with van der Waals surface area (Å²) in [7, 11) is 0. The SMILES string of the molecule is c1cncc(-c2nnc(C3CCN(Cc4ccsc4)CC3)o2)c1. The van der Waals surface area contributed by atoms with Crippen molar-refractivity contribution in [2.45, 2.75) is 25.3 Å². The fourth-order valence-electron chi connectivity index (χ4n) is 2.98. The van der Waals surface area contributed by atoms with Gasteiger partial charge in [-0.25, -0.2) is 0 Å². The summed E-state index contributed by atoms with van der Waals surface area (Å²) < 4.78 is 5.87. The van der Waals surface area contributed by atoms with E-state index < -0.39 is 0 Å². The molecule has 0 N–H and O–H groups in total. The van der Waals surface area contributed by atoms with E-state index in [1.807, 2.05) is 12.1 Å². The molecule has 5 nitrogen and oxygen atoms in total. The van der Waals surface area contributed by atoms with Crippen LogP contribution in [-0.4, -0.2) is 33.2 Å². The molecule has 0 spiro atoms. The average molecular weight is 326 g/mol. The summed E-state index contributed by atoms with van der Waals surface area (Å²) in [5.41, 5.74) is 2.28. The molecule has 1 aliphatic rings. The van der Waals surface area contributed by atoms with Gasteiger partial charge in [0.1, 0.15) is 0 Å². The third kappa shape index (κ3) is 3.33. The second-order valence-electron chi connectivity index (χ2n) is 5.87. The molecule has 4 rings (SSSR count). The van der Waals surface area contributed by atoms with Crippen molar-refractivity contribution in [2.75, 3.05) is 13.1 Å². The number of thiophene rings is 1. The number of hydrogen-bond donors (Lipinski definition) is 0. The van der Waals surface area contributed by atoms with Crippen LogP contribution in [0.25, 0.3) is 11.5 Å². The molecule has 118 valence electrons. The number of hydrogen-bond acceptors (Lipinski definition) is 6. The molecule has 1 fully saturated rings. The van der Waals surface area contributed by atoms with E-state index in [4.69, 9.17) is 4.42 Å². The van der Waals surface area contributed by atoms with E-state index in [0.717, 1.165) is 43.9 Å². The van der Waals surface area contributed by atoms with Crippen molar-refractivity contribution in [1.82, 2.24) is 20.1 Å². The maximum Gasteiger partial charge on any atom is 0.249 e. The van der Waals surface area contributed by atoms with E-state index >= 15 is 0 Å². The largest absolute Gasteiger partial charge is 0.420 e. The zero-order chi connectivity index (χ0) is 15.5. The lowest BCUT2D eigenvalue weighted by atomic mass is 9.96. The van der Waals surface area contributed by atoms with Crippen LogP contribution in [0.4, 0.5) is 0 Å². The fourth-order valence-corrected chi connectivity index (χ4v) is 3.64. The number of nitrogens with zero attached hydrogens (tertiary/aromatic N) is 4. The van der Waals surface area contributed by atoms with Crippen LogP contribution in [0.2, 0.25) is 0 Å². The molecule has 0 amide bonds. The van der Waals surface area contributed by atoms with Gasteiger partial charge in [0.2, 0.25) is 11.8 Å². The van der Waals surface area contributed by atoms with Gasteiger partial charge in [-0.3, -0.25) is 9.88 Å². The molecular formula is C17H18N4OS. The van der Waals surface area contributed by atoms with Crippen molar-refractivity contribution in [3.8, 4) is 11.5 Å². The maximum absolute atomic E-state index is 5.87. The lowest BCUT2D eigenvalue weighted by Gasteiger charge is -2.30. The Balaban J connectivity index is 1.38. The minimum Gasteiger partial charge on any atom is -0.420 e. The second-order valence-corrected chi connectivity index (χ2v) is 6.65. The first-order chi connectivity index (χ1) is 11.4. The predicted octanol–water partition coefficient (Wildman–Crippen LogP) is 3.57. The Morgan fingerprint density at radius 1 is 1.22 bits per heavy atom. The lowest BCUT2D eigenvalue weighted by molar-refractivity contribution is 0.193. The van der Waals surface area contributed by atoms with E-state index in [1.54, 1.807) is 23.7 Å². The van der Waals surface area contributed by atoms with Crippen LogP contribution in [0.1, 0.15) is 30.2 Å². The second kappa shape index (κ2) is 6.60. The highest BCUT2D eigenvalue weighted by atomic mass is 32.1. The van der Waals surface area contributed by atoms with E-state index in [0.29, 0.717) is 11.8 Å². The number of pyridine rings is 1. The first-order valence-corrected chi connectivity index (χ1v) is 8.80. The molecule has 6 heteroatoms. The first kappa shape index (κ1) is 14.5. The number of aromatic nitrogens is 3. The molecule has 0 aliphatic carbocycles. The van der Waals surface area contributed by atoms with Crippen LogP contribution < -0.4 is 0 Å². The Morgan fingerprint density at radius 3 is 2.87 bits per heavy atom. The minimum atomic E-state index is 0.367. The monoisotopic (exact) mass is 326 g/mol. The van der Waals surface area contributed by atoms with Crippen molar-refractivity contribution >= 4 is 11.3 Å². The molecule has 0 radical (unpaired) electrons. The molecule has 1 saturated heterocycles. The van der Waals surface area contributed by atoms with Gasteiger partial charge in [0.15, 0.2) is 0 Å². The Labute approximate surface area is 139 Å². The third-order valence-electron chi connectivity index (χ3n) is 4.27. The van der Waals surface area contributed by atoms with Crippen molar-refractivity contribution in [3.05, 3.63) is 52.8 Å². The third-order valence-corrected chi connectivity index (χ3v) is 5.00. The Hall–Kier alpha value is -2.05. The summed E-state index contributed by atoms with van der Waals surface area (Å²) in [6.45, 7) is 3.19. The van der Waals surface area contributed by atoms with Crippen molar-refractivity contribution in [1.29, 1.82) is 0 Å². The quantitative estimate of drug-likeness (QED) is 0.733. The van der Waals surface area contributed by atoms with Crippen molar-refractivity contribution in [2.24, 2.45) is 0 Å². The molecule has 4 heterocycles. The van der Waals surface area contributed by atoms with Gasteiger partial charge in [0.05, 0.1) is 5.56 Å². The highest BCUT2D eigenvalue weighted by molar-refractivity contribution is 7.07. The molecule has 3 aromatic heterocycles. The maximum atomic E-state index is 5.87. The van der Waals surface area contributed by atoms with Crippen molar-refractivity contribution < 1.29 is 4.42 Å². The molecule has 23 heavy (non-hydrogen) atoms. The molecule has 0 atom stereocenters. The molecule has 3 aromatic rings. The van der Waals surface area contributed by atoms with Crippen LogP contribution in [0.3, 0.4) is 0 Å². The summed E-state index contributed by atoms with van der Waals surface area (Å²) in [6, 6.07) is 6.02. The topological polar surface area (TPSA) is 55.1 Å². The number of likely N-dealkylation sites (tertiary alicyclic amines) is 1. The van der Waals surface area contributed by atoms with Crippen LogP contribution in [-0.2, 0) is 6.54 Å². The zero-order valence-corrected chi connectivity index (χ0v) is 13.6. The van der Waals surface area contributed by atoms with Crippen LogP contribution in [0.15, 0.2) is 45.8 Å². The van der Waals surface area contributed by atoms with Gasteiger partial charge in [-0.1, -0.05) is 0 Å². The normalized spacial score (nSPS) is 16.7. The highest BCUT2D eigenvalue weighted by Crippen LogP contribution is 2.29. The van der Waals surface area contributed by atoms with E-state index in [-0.39, 0.29) is 0 Å². The van der Waals surface area contributed by atoms with E-state index in [9.17, 15) is 0 Å². The van der Waals surface area contributed by atoms with Gasteiger partial charge in [0.25, 0.3) is 0 Å². The summed E-state index contributed by atoms with van der Waals surface area (Å²) in [5.74, 6) is 1.69. The molecule has 0 bridgehead atoms. The summed E-state index contributed by atoms with van der Waals surface area (Å²) in [4.78, 5) is 6.59. The minimum absolute atomic E-state index is 0.367. The Kier molecular flexibility index (Phi) is 4.17. The molecule has 0 saturated carbocycles. The molecule has 1 aliphatic heterocycles. The van der Waals surface area contributed by atoms with E-state index in [2.05, 4.69) is 36.9 Å². The standard InChI is InChI=1S/C17H18N4OS/c1-2-15(10-18-6-1)17-20-19-16(22-17)14-3-7-21(8-4-14)11-13-5-9-23-12-13/h1-2,5-6,9-10,12,14H,3-4,7-8,11H2. The van der Waals surface area contributed by atoms with Gasteiger partial charge < -0.3 is 4.42 Å². The van der Waals surface area contributed by atoms with Gasteiger partial charge in [0, 0.05) is 24.9 Å². The highest BCUT2D eigenvalue weighted by Gasteiger charge is 2.25. The smallest absolute Gasteiger partial charge is 0.249 e. The molecular weight excluding hydrogens is 308 g/mol. The number of piperidine rings is 1. The zero-order valence-electron chi connectivity index (χ0n) is 12.8. The van der Waals surface area contributed by atoms with Gasteiger partial charge in [-0.2, -0.15) is 11.3 Å². The fraction of sp³-hybridized carbons (Fsp3) is 0.353. The van der Waals surface area contributed by atoms with Crippen LogP contribution in [0, 0.1) is 0 Å². The van der Waals surface area contributed by atoms with Crippen molar-refractivity contribution in [3.63, 3.8) is 0 Å². The summed E-state index contributed by atoms with van der Waals surface area (Å²) in [5, 5.41) is 12.8. The molecule has 0 aromatic carbocycles. The van der Waals surface area contributed by atoms with Gasteiger partial charge >= 0.3 is 0 Å². The lowest BCUT2D eigenvalue weighted by Crippen LogP contribution is -2.32. The summed E-state index contributed by atoms with van der Waals surface area (Å²) >= 11 is 1.76. The molecule has 0 unspecified atom stereocenters. The Morgan fingerprint density at radius 2 is 2.13 bits per heavy atom. The van der Waals surface area contributed by atoms with Crippen LogP contribution in [0.5, 0.6) is 0 Å². The predicted molar refractivity (Wildman–Crippen MR) is 89.1 cm³/mol.